The Labute approximate surface area is 106 Å². The molecule has 0 amide bonds. The molecular weight excluding hydrogens is 234 g/mol. The largest absolute Gasteiger partial charge is 0.473 e. The molecule has 1 aliphatic rings. The van der Waals surface area contributed by atoms with E-state index in [1.807, 2.05) is 13.8 Å². The molecule has 0 unspecified atom stereocenters. The van der Waals surface area contributed by atoms with E-state index in [1.165, 1.54) is 32.0 Å². The van der Waals surface area contributed by atoms with E-state index in [1.54, 1.807) is 11.8 Å². The first kappa shape index (κ1) is 12.5. The van der Waals surface area contributed by atoms with Gasteiger partial charge in [-0.3, -0.25) is 0 Å². The second-order valence-corrected chi connectivity index (χ2v) is 5.88. The Bertz CT molecular complexity index is 378. The van der Waals surface area contributed by atoms with Gasteiger partial charge < -0.3 is 10.5 Å². The van der Waals surface area contributed by atoms with Crippen molar-refractivity contribution in [3.05, 3.63) is 6.33 Å². The molecule has 1 aliphatic carbocycles. The molecule has 0 bridgehead atoms. The average molecular weight is 253 g/mol. The minimum absolute atomic E-state index is 0.0801. The first-order valence-corrected chi connectivity index (χ1v) is 6.98. The molecule has 1 saturated carbocycles. The van der Waals surface area contributed by atoms with Crippen LogP contribution >= 0.6 is 11.8 Å². The minimum atomic E-state index is 0.0801. The lowest BCUT2D eigenvalue weighted by atomic mass is 10.4. The monoisotopic (exact) mass is 253 g/mol. The van der Waals surface area contributed by atoms with Crippen LogP contribution in [-0.2, 0) is 0 Å². The Kier molecular flexibility index (Phi) is 4.10. The molecule has 17 heavy (non-hydrogen) atoms. The number of ether oxygens (including phenoxy) is 1. The fourth-order valence-corrected chi connectivity index (χ4v) is 3.15. The van der Waals surface area contributed by atoms with Crippen LogP contribution in [0.4, 0.5) is 5.69 Å². The molecule has 2 N–H and O–H groups in total. The maximum atomic E-state index is 6.04. The molecule has 0 saturated heterocycles. The van der Waals surface area contributed by atoms with E-state index in [9.17, 15) is 0 Å². The number of nitrogens with two attached hydrogens (primary N) is 1. The lowest BCUT2D eigenvalue weighted by Crippen LogP contribution is -2.10. The van der Waals surface area contributed by atoms with Gasteiger partial charge in [0, 0.05) is 5.25 Å². The van der Waals surface area contributed by atoms with Crippen LogP contribution in [-0.4, -0.2) is 21.3 Å². The highest BCUT2D eigenvalue weighted by Gasteiger charge is 2.19. The van der Waals surface area contributed by atoms with Crippen molar-refractivity contribution in [3.63, 3.8) is 0 Å². The number of anilines is 1. The van der Waals surface area contributed by atoms with E-state index in [0.29, 0.717) is 16.8 Å². The standard InChI is InChI=1S/C12H19N3OS/c1-8(2)16-11-10(13)12(15-7-14-11)17-9-5-3-4-6-9/h7-9H,3-6,13H2,1-2H3. The van der Waals surface area contributed by atoms with Gasteiger partial charge in [-0.15, -0.1) is 11.8 Å². The SMILES string of the molecule is CC(C)Oc1ncnc(SC2CCCC2)c1N. The molecule has 0 aromatic carbocycles. The maximum Gasteiger partial charge on any atom is 0.241 e. The molecule has 4 nitrogen and oxygen atoms in total. The van der Waals surface area contributed by atoms with Crippen LogP contribution in [0.3, 0.4) is 0 Å². The molecule has 0 radical (unpaired) electrons. The summed E-state index contributed by atoms with van der Waals surface area (Å²) in [5.74, 6) is 0.510. The predicted molar refractivity (Wildman–Crippen MR) is 70.3 cm³/mol. The summed E-state index contributed by atoms with van der Waals surface area (Å²) in [5.41, 5.74) is 6.62. The Morgan fingerprint density at radius 1 is 1.35 bits per heavy atom. The Morgan fingerprint density at radius 3 is 2.71 bits per heavy atom. The number of hydrogen-bond donors (Lipinski definition) is 1. The van der Waals surface area contributed by atoms with Gasteiger partial charge in [-0.1, -0.05) is 12.8 Å². The third-order valence-electron chi connectivity index (χ3n) is 2.74. The summed E-state index contributed by atoms with van der Waals surface area (Å²) < 4.78 is 5.56. The highest BCUT2D eigenvalue weighted by molar-refractivity contribution is 8.00. The van der Waals surface area contributed by atoms with E-state index in [0.717, 1.165) is 5.03 Å². The molecule has 1 heterocycles. The summed E-state index contributed by atoms with van der Waals surface area (Å²) in [4.78, 5) is 8.34. The van der Waals surface area contributed by atoms with E-state index >= 15 is 0 Å². The highest BCUT2D eigenvalue weighted by atomic mass is 32.2. The highest BCUT2D eigenvalue weighted by Crippen LogP contribution is 2.38. The summed E-state index contributed by atoms with van der Waals surface area (Å²) >= 11 is 1.76. The van der Waals surface area contributed by atoms with Crippen molar-refractivity contribution < 1.29 is 4.74 Å². The van der Waals surface area contributed by atoms with E-state index < -0.39 is 0 Å². The van der Waals surface area contributed by atoms with Crippen molar-refractivity contribution in [2.75, 3.05) is 5.73 Å². The predicted octanol–water partition coefficient (Wildman–Crippen LogP) is 2.88. The lowest BCUT2D eigenvalue weighted by molar-refractivity contribution is 0.233. The first-order chi connectivity index (χ1) is 8.16. The molecule has 94 valence electrons. The lowest BCUT2D eigenvalue weighted by Gasteiger charge is -2.14. The van der Waals surface area contributed by atoms with E-state index in [-0.39, 0.29) is 6.10 Å². The average Bonchev–Trinajstić information content (AvgIpc) is 2.76. The van der Waals surface area contributed by atoms with Crippen LogP contribution in [0.2, 0.25) is 0 Å². The molecule has 1 aromatic rings. The summed E-state index contributed by atoms with van der Waals surface area (Å²) in [6.45, 7) is 3.93. The summed E-state index contributed by atoms with van der Waals surface area (Å²) in [6, 6.07) is 0. The number of aromatic nitrogens is 2. The third-order valence-corrected chi connectivity index (χ3v) is 4.09. The van der Waals surface area contributed by atoms with Crippen molar-refractivity contribution >= 4 is 17.4 Å². The smallest absolute Gasteiger partial charge is 0.241 e. The summed E-state index contributed by atoms with van der Waals surface area (Å²) in [6.07, 6.45) is 6.76. The van der Waals surface area contributed by atoms with Gasteiger partial charge in [0.05, 0.1) is 6.10 Å². The van der Waals surface area contributed by atoms with Gasteiger partial charge in [-0.05, 0) is 26.7 Å². The van der Waals surface area contributed by atoms with Crippen LogP contribution < -0.4 is 10.5 Å². The quantitative estimate of drug-likeness (QED) is 0.836. The zero-order chi connectivity index (χ0) is 12.3. The normalized spacial score (nSPS) is 16.6. The Balaban J connectivity index is 2.10. The van der Waals surface area contributed by atoms with Gasteiger partial charge in [-0.25, -0.2) is 4.98 Å². The second-order valence-electron chi connectivity index (χ2n) is 4.59. The fourth-order valence-electron chi connectivity index (χ4n) is 1.94. The molecule has 2 rings (SSSR count). The van der Waals surface area contributed by atoms with Crippen LogP contribution in [0.5, 0.6) is 5.88 Å². The van der Waals surface area contributed by atoms with Crippen molar-refractivity contribution in [2.45, 2.75) is 55.9 Å². The number of nitrogen functional groups attached to an aromatic ring is 1. The van der Waals surface area contributed by atoms with E-state index in [4.69, 9.17) is 10.5 Å². The van der Waals surface area contributed by atoms with Gasteiger partial charge >= 0.3 is 0 Å². The van der Waals surface area contributed by atoms with Crippen LogP contribution in [0, 0.1) is 0 Å². The zero-order valence-corrected chi connectivity index (χ0v) is 11.2. The van der Waals surface area contributed by atoms with Crippen LogP contribution in [0.1, 0.15) is 39.5 Å². The van der Waals surface area contributed by atoms with E-state index in [2.05, 4.69) is 9.97 Å². The molecule has 0 aliphatic heterocycles. The minimum Gasteiger partial charge on any atom is -0.473 e. The number of rotatable bonds is 4. The van der Waals surface area contributed by atoms with Crippen LogP contribution in [0.25, 0.3) is 0 Å². The Morgan fingerprint density at radius 2 is 2.06 bits per heavy atom. The number of thioether (sulfide) groups is 1. The van der Waals surface area contributed by atoms with Gasteiger partial charge in [-0.2, -0.15) is 4.98 Å². The zero-order valence-electron chi connectivity index (χ0n) is 10.3. The molecule has 0 atom stereocenters. The Hall–Kier alpha value is -0.970. The number of hydrogen-bond acceptors (Lipinski definition) is 5. The molecule has 0 spiro atoms. The molecule has 5 heteroatoms. The van der Waals surface area contributed by atoms with Gasteiger partial charge in [0.25, 0.3) is 0 Å². The van der Waals surface area contributed by atoms with Crippen molar-refractivity contribution in [2.24, 2.45) is 0 Å². The number of nitrogens with zero attached hydrogens (tertiary/aromatic N) is 2. The molecule has 1 fully saturated rings. The first-order valence-electron chi connectivity index (χ1n) is 6.10. The van der Waals surface area contributed by atoms with Crippen LogP contribution in [0.15, 0.2) is 11.4 Å². The van der Waals surface area contributed by atoms with Gasteiger partial charge in [0.15, 0.2) is 0 Å². The summed E-state index contributed by atoms with van der Waals surface area (Å²) in [5, 5.41) is 1.52. The molecular formula is C12H19N3OS. The second kappa shape index (κ2) is 5.58. The molecule has 1 aromatic heterocycles. The van der Waals surface area contributed by atoms with Gasteiger partial charge in [0.2, 0.25) is 5.88 Å². The van der Waals surface area contributed by atoms with Crippen molar-refractivity contribution in [1.29, 1.82) is 0 Å². The topological polar surface area (TPSA) is 61.0 Å². The summed E-state index contributed by atoms with van der Waals surface area (Å²) in [7, 11) is 0. The van der Waals surface area contributed by atoms with Crippen molar-refractivity contribution in [1.82, 2.24) is 9.97 Å². The van der Waals surface area contributed by atoms with Crippen molar-refractivity contribution in [3.8, 4) is 5.88 Å². The van der Waals surface area contributed by atoms with Gasteiger partial charge in [0.1, 0.15) is 17.0 Å². The maximum absolute atomic E-state index is 6.04. The third kappa shape index (κ3) is 3.25. The fraction of sp³-hybridized carbons (Fsp3) is 0.667.